The lowest BCUT2D eigenvalue weighted by atomic mass is 10.0. The van der Waals surface area contributed by atoms with Crippen LogP contribution in [0, 0.1) is 0 Å². The SMILES string of the molecule is CCCCCCCCCCCC/C=C/C(O)C(CO)NC(=O)CCC/C=C\CCCCCCOC(=O)CCCCCCCCCCCCCCCCCCCCC. The molecular weight excluding hydrogens is 707 g/mol. The predicted octanol–water partition coefficient (Wildman–Crippen LogP) is 14.7. The third kappa shape index (κ3) is 43.7. The van der Waals surface area contributed by atoms with Gasteiger partial charge in [0.25, 0.3) is 0 Å². The second-order valence-electron chi connectivity index (χ2n) is 17.1. The molecule has 2 atom stereocenters. The lowest BCUT2D eigenvalue weighted by Gasteiger charge is -2.19. The van der Waals surface area contributed by atoms with E-state index in [9.17, 15) is 19.8 Å². The fourth-order valence-corrected chi connectivity index (χ4v) is 7.58. The van der Waals surface area contributed by atoms with E-state index < -0.39 is 12.1 Å². The number of hydrogen-bond acceptors (Lipinski definition) is 5. The zero-order valence-electron chi connectivity index (χ0n) is 38.1. The van der Waals surface area contributed by atoms with Crippen molar-refractivity contribution >= 4 is 11.9 Å². The van der Waals surface area contributed by atoms with Crippen molar-refractivity contribution in [3.63, 3.8) is 0 Å². The molecule has 0 saturated heterocycles. The van der Waals surface area contributed by atoms with Gasteiger partial charge in [-0.05, 0) is 51.4 Å². The fraction of sp³-hybridized carbons (Fsp3) is 0.882. The van der Waals surface area contributed by atoms with E-state index in [-0.39, 0.29) is 18.5 Å². The molecule has 0 saturated carbocycles. The van der Waals surface area contributed by atoms with E-state index in [1.54, 1.807) is 6.08 Å². The summed E-state index contributed by atoms with van der Waals surface area (Å²) < 4.78 is 5.45. The maximum absolute atomic E-state index is 12.4. The van der Waals surface area contributed by atoms with Crippen molar-refractivity contribution in [1.82, 2.24) is 5.32 Å². The molecule has 0 bridgehead atoms. The number of carbonyl (C=O) groups is 2. The molecule has 0 rings (SSSR count). The van der Waals surface area contributed by atoms with Crippen molar-refractivity contribution in [2.75, 3.05) is 13.2 Å². The van der Waals surface area contributed by atoms with Gasteiger partial charge in [0.05, 0.1) is 25.4 Å². The van der Waals surface area contributed by atoms with Crippen LogP contribution in [0.4, 0.5) is 0 Å². The maximum Gasteiger partial charge on any atom is 0.305 e. The van der Waals surface area contributed by atoms with Gasteiger partial charge in [-0.2, -0.15) is 0 Å². The molecule has 57 heavy (non-hydrogen) atoms. The van der Waals surface area contributed by atoms with Gasteiger partial charge in [0.2, 0.25) is 5.91 Å². The van der Waals surface area contributed by atoms with Crippen LogP contribution in [0.3, 0.4) is 0 Å². The number of aliphatic hydroxyl groups is 2. The summed E-state index contributed by atoms with van der Waals surface area (Å²) in [6, 6.07) is -0.663. The average molecular weight is 804 g/mol. The molecule has 3 N–H and O–H groups in total. The normalized spacial score (nSPS) is 12.8. The molecule has 0 aromatic heterocycles. The largest absolute Gasteiger partial charge is 0.466 e. The van der Waals surface area contributed by atoms with Crippen LogP contribution in [0.2, 0.25) is 0 Å². The molecule has 0 aliphatic heterocycles. The highest BCUT2D eigenvalue weighted by molar-refractivity contribution is 5.76. The summed E-state index contributed by atoms with van der Waals surface area (Å²) in [7, 11) is 0. The lowest BCUT2D eigenvalue weighted by Crippen LogP contribution is -2.45. The van der Waals surface area contributed by atoms with Crippen molar-refractivity contribution < 1.29 is 24.5 Å². The highest BCUT2D eigenvalue weighted by Crippen LogP contribution is 2.16. The number of unbranched alkanes of at least 4 members (excludes halogenated alkanes) is 33. The van der Waals surface area contributed by atoms with Crippen molar-refractivity contribution in [2.45, 2.75) is 276 Å². The first-order valence-corrected chi connectivity index (χ1v) is 25.1. The predicted molar refractivity (Wildman–Crippen MR) is 246 cm³/mol. The zero-order chi connectivity index (χ0) is 41.5. The van der Waals surface area contributed by atoms with Crippen LogP contribution in [0.5, 0.6) is 0 Å². The number of aliphatic hydroxyl groups excluding tert-OH is 2. The van der Waals surface area contributed by atoms with Crippen LogP contribution in [-0.2, 0) is 14.3 Å². The Labute approximate surface area is 354 Å². The number of amides is 1. The van der Waals surface area contributed by atoms with Crippen molar-refractivity contribution in [3.05, 3.63) is 24.3 Å². The number of esters is 1. The van der Waals surface area contributed by atoms with Gasteiger partial charge >= 0.3 is 5.97 Å². The van der Waals surface area contributed by atoms with E-state index in [0.717, 1.165) is 70.6 Å². The Kier molecular flexibility index (Phi) is 45.7. The maximum atomic E-state index is 12.4. The number of rotatable bonds is 46. The Morgan fingerprint density at radius 1 is 0.474 bits per heavy atom. The third-order valence-electron chi connectivity index (χ3n) is 11.5. The second kappa shape index (κ2) is 47.0. The van der Waals surface area contributed by atoms with Gasteiger partial charge in [-0.1, -0.05) is 224 Å². The topological polar surface area (TPSA) is 95.9 Å². The van der Waals surface area contributed by atoms with E-state index in [1.807, 2.05) is 6.08 Å². The van der Waals surface area contributed by atoms with Crippen molar-refractivity contribution in [1.29, 1.82) is 0 Å². The molecule has 0 aliphatic rings. The van der Waals surface area contributed by atoms with Gasteiger partial charge in [0, 0.05) is 12.8 Å². The second-order valence-corrected chi connectivity index (χ2v) is 17.1. The van der Waals surface area contributed by atoms with Crippen molar-refractivity contribution in [2.24, 2.45) is 0 Å². The average Bonchev–Trinajstić information content (AvgIpc) is 3.21. The van der Waals surface area contributed by atoms with E-state index in [0.29, 0.717) is 19.4 Å². The number of carbonyl (C=O) groups excluding carboxylic acids is 2. The molecule has 0 fully saturated rings. The van der Waals surface area contributed by atoms with Gasteiger partial charge in [-0.15, -0.1) is 0 Å². The van der Waals surface area contributed by atoms with Crippen molar-refractivity contribution in [3.8, 4) is 0 Å². The highest BCUT2D eigenvalue weighted by atomic mass is 16.5. The molecule has 0 aromatic carbocycles. The Hall–Kier alpha value is -1.66. The summed E-state index contributed by atoms with van der Waals surface area (Å²) in [5.41, 5.74) is 0. The molecule has 0 heterocycles. The van der Waals surface area contributed by atoms with Gasteiger partial charge in [-0.3, -0.25) is 9.59 Å². The smallest absolute Gasteiger partial charge is 0.305 e. The monoisotopic (exact) mass is 804 g/mol. The molecule has 0 aliphatic carbocycles. The Balaban J connectivity index is 3.52. The summed E-state index contributed by atoms with van der Waals surface area (Å²) in [6.45, 7) is 4.80. The standard InChI is InChI=1S/C51H97NO5/c1-3-5-7-9-11-13-15-17-18-19-20-21-22-23-25-29-33-37-41-45-51(56)57-46-42-38-34-30-26-28-32-36-40-44-50(55)52-48(47-53)49(54)43-39-35-31-27-24-16-14-12-10-8-6-4-2/h28,32,39,43,48-49,53-54H,3-27,29-31,33-38,40-42,44-47H2,1-2H3,(H,52,55)/b32-28-,43-39+. The molecule has 2 unspecified atom stereocenters. The number of allylic oxidation sites excluding steroid dienone is 3. The highest BCUT2D eigenvalue weighted by Gasteiger charge is 2.17. The van der Waals surface area contributed by atoms with Crippen LogP contribution in [0.25, 0.3) is 0 Å². The molecule has 6 heteroatoms. The Bertz CT molecular complexity index is 889. The zero-order valence-corrected chi connectivity index (χ0v) is 38.1. The van der Waals surface area contributed by atoms with Crippen LogP contribution in [0.15, 0.2) is 24.3 Å². The molecule has 336 valence electrons. The van der Waals surface area contributed by atoms with Crippen LogP contribution >= 0.6 is 0 Å². The van der Waals surface area contributed by atoms with Gasteiger partial charge in [-0.25, -0.2) is 0 Å². The first-order valence-electron chi connectivity index (χ1n) is 25.1. The lowest BCUT2D eigenvalue weighted by molar-refractivity contribution is -0.143. The van der Waals surface area contributed by atoms with E-state index in [2.05, 4.69) is 31.3 Å². The van der Waals surface area contributed by atoms with Gasteiger partial charge < -0.3 is 20.3 Å². The molecule has 1 amide bonds. The summed E-state index contributed by atoms with van der Waals surface area (Å²) >= 11 is 0. The van der Waals surface area contributed by atoms with Gasteiger partial charge in [0.1, 0.15) is 0 Å². The Morgan fingerprint density at radius 2 is 0.842 bits per heavy atom. The fourth-order valence-electron chi connectivity index (χ4n) is 7.58. The first-order chi connectivity index (χ1) is 28.0. The summed E-state index contributed by atoms with van der Waals surface area (Å²) in [4.78, 5) is 24.4. The number of ether oxygens (including phenoxy) is 1. The summed E-state index contributed by atoms with van der Waals surface area (Å²) in [5.74, 6) is -0.163. The van der Waals surface area contributed by atoms with Crippen LogP contribution in [0.1, 0.15) is 264 Å². The summed E-state index contributed by atoms with van der Waals surface area (Å²) in [6.07, 6.45) is 54.7. The number of nitrogens with one attached hydrogen (secondary N) is 1. The van der Waals surface area contributed by atoms with E-state index >= 15 is 0 Å². The quantitative estimate of drug-likeness (QED) is 0.0324. The van der Waals surface area contributed by atoms with E-state index in [4.69, 9.17) is 4.74 Å². The first kappa shape index (κ1) is 55.3. The minimum absolute atomic E-state index is 0.0340. The minimum atomic E-state index is -0.873. The number of hydrogen-bond donors (Lipinski definition) is 3. The third-order valence-corrected chi connectivity index (χ3v) is 11.5. The van der Waals surface area contributed by atoms with Crippen LogP contribution in [-0.4, -0.2) is 47.4 Å². The molecule has 6 nitrogen and oxygen atoms in total. The molecule has 0 radical (unpaired) electrons. The van der Waals surface area contributed by atoms with Crippen LogP contribution < -0.4 is 5.32 Å². The molecular formula is C51H97NO5. The summed E-state index contributed by atoms with van der Waals surface area (Å²) in [5, 5.41) is 22.9. The molecule has 0 aromatic rings. The Morgan fingerprint density at radius 3 is 1.28 bits per heavy atom. The van der Waals surface area contributed by atoms with E-state index in [1.165, 1.54) is 167 Å². The molecule has 0 spiro atoms. The minimum Gasteiger partial charge on any atom is -0.466 e. The van der Waals surface area contributed by atoms with Gasteiger partial charge in [0.15, 0.2) is 0 Å².